The number of nitrogens with zero attached hydrogens (tertiary/aromatic N) is 1. The molecule has 3 rings (SSSR count). The average Bonchev–Trinajstić information content (AvgIpc) is 2.96. The minimum atomic E-state index is -1.45. The quantitative estimate of drug-likeness (QED) is 0.167. The first-order chi connectivity index (χ1) is 19.6. The van der Waals surface area contributed by atoms with E-state index in [1.165, 1.54) is 30.3 Å². The average molecular weight is 711 g/mol. The lowest BCUT2D eigenvalue weighted by atomic mass is 10.1. The van der Waals surface area contributed by atoms with Gasteiger partial charge in [-0.05, 0) is 60.4 Å². The molecule has 0 spiro atoms. The van der Waals surface area contributed by atoms with E-state index in [4.69, 9.17) is 11.6 Å². The Morgan fingerprint density at radius 3 is 2.37 bits per heavy atom. The van der Waals surface area contributed by atoms with E-state index in [1.54, 1.807) is 30.5 Å². The van der Waals surface area contributed by atoms with Gasteiger partial charge in [-0.1, -0.05) is 61.7 Å². The number of phenolic OH excluding ortho intramolecular Hbond substituents is 1. The first-order valence-electron chi connectivity index (χ1n) is 12.4. The van der Waals surface area contributed by atoms with Crippen molar-refractivity contribution in [2.24, 2.45) is 0 Å². The van der Waals surface area contributed by atoms with E-state index < -0.39 is 36.3 Å². The molecule has 10 nitrogen and oxygen atoms in total. The number of pyridine rings is 1. The Morgan fingerprint density at radius 2 is 1.73 bits per heavy atom. The highest BCUT2D eigenvalue weighted by atomic mass is 79.9. The Labute approximate surface area is 258 Å². The van der Waals surface area contributed by atoms with Gasteiger partial charge in [0.05, 0.1) is 10.6 Å². The molecule has 0 bridgehead atoms. The Kier molecular flexibility index (Phi) is 12.1. The summed E-state index contributed by atoms with van der Waals surface area (Å²) in [6.07, 6.45) is 3.26. The van der Waals surface area contributed by atoms with Crippen molar-refractivity contribution in [3.05, 3.63) is 93.8 Å². The lowest BCUT2D eigenvalue weighted by Gasteiger charge is -2.16. The monoisotopic (exact) mass is 708 g/mol. The van der Waals surface area contributed by atoms with Gasteiger partial charge in [0.1, 0.15) is 17.5 Å². The van der Waals surface area contributed by atoms with Gasteiger partial charge in [0.2, 0.25) is 0 Å². The standard InChI is InChI=1S/C28H27Br2ClN4O6/c29-12-19(30)7-4-16-5-9-23(32-13-16)27(39)34-15-24(28(40)41)35-26(38)21-8-6-18(11-22(21)31)25(37)33-14-17-2-1-3-20(36)10-17/h1-3,5-6,8-11,13,19,24,36H,4,7,12,14-15H2,(H,33,37)(H,34,39)(H,35,38)(H,40,41)/t19?,24-/m0/s1. The van der Waals surface area contributed by atoms with Crippen molar-refractivity contribution >= 4 is 67.2 Å². The van der Waals surface area contributed by atoms with Crippen molar-refractivity contribution in [3.8, 4) is 5.75 Å². The number of carboxylic acids is 1. The van der Waals surface area contributed by atoms with Crippen LogP contribution >= 0.6 is 43.5 Å². The van der Waals surface area contributed by atoms with Crippen LogP contribution < -0.4 is 16.0 Å². The SMILES string of the molecule is O=C(NCc1cccc(O)c1)c1ccc(C(=O)N[C@@H](CNC(=O)c2ccc(CCC(Br)CBr)cn2)C(=O)O)c(Cl)c1. The zero-order valence-electron chi connectivity index (χ0n) is 21.6. The number of halogens is 3. The summed E-state index contributed by atoms with van der Waals surface area (Å²) >= 11 is 13.2. The number of nitrogens with one attached hydrogen (secondary N) is 3. The lowest BCUT2D eigenvalue weighted by Crippen LogP contribution is -2.48. The molecule has 3 amide bonds. The maximum Gasteiger partial charge on any atom is 0.328 e. The Balaban J connectivity index is 1.55. The highest BCUT2D eigenvalue weighted by Gasteiger charge is 2.23. The number of aryl methyl sites for hydroxylation is 1. The third-order valence-corrected chi connectivity index (χ3v) is 8.63. The number of carboxylic acid groups (broad SMARTS) is 1. The highest BCUT2D eigenvalue weighted by Crippen LogP contribution is 2.19. The number of aromatic hydroxyl groups is 1. The van der Waals surface area contributed by atoms with E-state index in [2.05, 4.69) is 52.8 Å². The van der Waals surface area contributed by atoms with Crippen LogP contribution in [0, 0.1) is 0 Å². The molecule has 3 aromatic rings. The summed E-state index contributed by atoms with van der Waals surface area (Å²) < 4.78 is 0. The van der Waals surface area contributed by atoms with Crippen LogP contribution in [0.15, 0.2) is 60.8 Å². The second-order valence-electron chi connectivity index (χ2n) is 8.96. The Morgan fingerprint density at radius 1 is 0.951 bits per heavy atom. The van der Waals surface area contributed by atoms with Gasteiger partial charge in [0.15, 0.2) is 0 Å². The molecule has 0 aliphatic rings. The molecule has 0 aliphatic carbocycles. The predicted octanol–water partition coefficient (Wildman–Crippen LogP) is 4.07. The number of amides is 3. The molecular formula is C28H27Br2ClN4O6. The first kappa shape index (κ1) is 32.0. The third-order valence-electron chi connectivity index (χ3n) is 5.88. The summed E-state index contributed by atoms with van der Waals surface area (Å²) in [7, 11) is 0. The molecule has 0 aliphatic heterocycles. The number of aliphatic carboxylic acids is 1. The second-order valence-corrected chi connectivity index (χ2v) is 11.3. The fraction of sp³-hybridized carbons (Fsp3) is 0.250. The van der Waals surface area contributed by atoms with Crippen molar-refractivity contribution in [3.63, 3.8) is 0 Å². The number of hydrogen-bond acceptors (Lipinski definition) is 6. The van der Waals surface area contributed by atoms with Crippen LogP contribution in [-0.2, 0) is 17.8 Å². The van der Waals surface area contributed by atoms with Crippen molar-refractivity contribution < 1.29 is 29.4 Å². The molecular weight excluding hydrogens is 684 g/mol. The fourth-order valence-electron chi connectivity index (χ4n) is 3.62. The van der Waals surface area contributed by atoms with Gasteiger partial charge in [-0.25, -0.2) is 4.79 Å². The number of carbonyl (C=O) groups excluding carboxylic acids is 3. The number of hydrogen-bond donors (Lipinski definition) is 5. The van der Waals surface area contributed by atoms with Gasteiger partial charge in [0.25, 0.3) is 17.7 Å². The zero-order chi connectivity index (χ0) is 29.9. The zero-order valence-corrected chi connectivity index (χ0v) is 25.5. The largest absolute Gasteiger partial charge is 0.508 e. The van der Waals surface area contributed by atoms with Crippen LogP contribution in [0.5, 0.6) is 5.75 Å². The smallest absolute Gasteiger partial charge is 0.328 e. The maximum absolute atomic E-state index is 12.8. The molecule has 216 valence electrons. The van der Waals surface area contributed by atoms with Crippen molar-refractivity contribution in [1.82, 2.24) is 20.9 Å². The van der Waals surface area contributed by atoms with E-state index >= 15 is 0 Å². The minimum Gasteiger partial charge on any atom is -0.508 e. The topological polar surface area (TPSA) is 158 Å². The van der Waals surface area contributed by atoms with E-state index in [-0.39, 0.29) is 34.1 Å². The summed E-state index contributed by atoms with van der Waals surface area (Å²) in [4.78, 5) is 54.0. The fourth-order valence-corrected chi connectivity index (χ4v) is 4.44. The summed E-state index contributed by atoms with van der Waals surface area (Å²) in [5.41, 5.74) is 1.90. The van der Waals surface area contributed by atoms with Crippen LogP contribution in [-0.4, -0.2) is 61.6 Å². The van der Waals surface area contributed by atoms with Gasteiger partial charge in [-0.3, -0.25) is 19.4 Å². The van der Waals surface area contributed by atoms with Gasteiger partial charge < -0.3 is 26.2 Å². The van der Waals surface area contributed by atoms with Crippen LogP contribution in [0.3, 0.4) is 0 Å². The molecule has 13 heteroatoms. The summed E-state index contributed by atoms with van der Waals surface area (Å²) in [5, 5.41) is 27.4. The van der Waals surface area contributed by atoms with Crippen molar-refractivity contribution in [2.75, 3.05) is 11.9 Å². The molecule has 0 radical (unpaired) electrons. The van der Waals surface area contributed by atoms with Crippen molar-refractivity contribution in [2.45, 2.75) is 30.3 Å². The Bertz CT molecular complexity index is 1410. The second kappa shape index (κ2) is 15.5. The first-order valence-corrected chi connectivity index (χ1v) is 14.8. The van der Waals surface area contributed by atoms with Gasteiger partial charge in [-0.15, -0.1) is 0 Å². The molecule has 0 saturated carbocycles. The molecule has 1 aromatic heterocycles. The number of carbonyl (C=O) groups is 4. The van der Waals surface area contributed by atoms with Gasteiger partial charge >= 0.3 is 5.97 Å². The van der Waals surface area contributed by atoms with E-state index in [0.717, 1.165) is 23.7 Å². The molecule has 41 heavy (non-hydrogen) atoms. The summed E-state index contributed by atoms with van der Waals surface area (Å²) in [5.74, 6) is -3.13. The van der Waals surface area contributed by atoms with Crippen LogP contribution in [0.4, 0.5) is 0 Å². The Hall–Kier alpha value is -3.48. The number of alkyl halides is 2. The summed E-state index contributed by atoms with van der Waals surface area (Å²) in [6.45, 7) is -0.235. The maximum atomic E-state index is 12.8. The third kappa shape index (κ3) is 9.83. The molecule has 1 heterocycles. The van der Waals surface area contributed by atoms with Crippen LogP contribution in [0.2, 0.25) is 5.02 Å². The molecule has 0 saturated heterocycles. The molecule has 1 unspecified atom stereocenters. The number of aromatic nitrogens is 1. The number of rotatable bonds is 13. The highest BCUT2D eigenvalue weighted by molar-refractivity contribution is 9.12. The van der Waals surface area contributed by atoms with Crippen LogP contribution in [0.25, 0.3) is 0 Å². The van der Waals surface area contributed by atoms with Gasteiger partial charge in [0, 0.05) is 35.0 Å². The molecule has 5 N–H and O–H groups in total. The van der Waals surface area contributed by atoms with Crippen LogP contribution in [0.1, 0.15) is 48.8 Å². The molecule has 0 fully saturated rings. The summed E-state index contributed by atoms with van der Waals surface area (Å²) in [6, 6.07) is 12.3. The van der Waals surface area contributed by atoms with E-state index in [9.17, 15) is 29.4 Å². The minimum absolute atomic E-state index is 0.0448. The van der Waals surface area contributed by atoms with E-state index in [1.807, 2.05) is 0 Å². The molecule has 2 aromatic carbocycles. The van der Waals surface area contributed by atoms with Crippen molar-refractivity contribution in [1.29, 1.82) is 0 Å². The number of phenols is 1. The van der Waals surface area contributed by atoms with E-state index in [0.29, 0.717) is 10.4 Å². The number of benzene rings is 2. The predicted molar refractivity (Wildman–Crippen MR) is 161 cm³/mol. The van der Waals surface area contributed by atoms with Gasteiger partial charge in [-0.2, -0.15) is 0 Å². The lowest BCUT2D eigenvalue weighted by molar-refractivity contribution is -0.139. The molecule has 2 atom stereocenters. The normalized spacial score (nSPS) is 12.2.